The average molecular weight is 727 g/mol. The first kappa shape index (κ1) is 33.1. The molecule has 9 aromatic rings. The molecule has 0 bridgehead atoms. The predicted molar refractivity (Wildman–Crippen MR) is 238 cm³/mol. The standard InChI is InChI=1S/C55H38N2/c56-54(40-18-5-2-6-19-40)57-51(34-27-36-15-3-1-4-16-36)39-30-28-38(29-31-39)46-35-50-53(45-24-10-9-21-42(45)46)52-41-20-8-7-17-37(41)32-33-49(52)55(50)47-25-13-11-22-43(47)44-23-12-14-26-48(44)55/h1-26,28-35H,27H2,(H2,56,57)/b51-34-. The molecule has 0 amide bonds. The fourth-order valence-electron chi connectivity index (χ4n) is 9.67. The molecule has 0 aromatic heterocycles. The van der Waals surface area contributed by atoms with Gasteiger partial charge in [-0.05, 0) is 101 Å². The molecule has 9 aromatic carbocycles. The molecule has 1 spiro atoms. The van der Waals surface area contributed by atoms with E-state index in [1.807, 2.05) is 36.4 Å². The molecule has 2 heteroatoms. The Bertz CT molecular complexity index is 3040. The van der Waals surface area contributed by atoms with E-state index in [0.29, 0.717) is 5.84 Å². The van der Waals surface area contributed by atoms with Gasteiger partial charge in [-0.3, -0.25) is 0 Å². The normalized spacial score (nSPS) is 13.8. The van der Waals surface area contributed by atoms with E-state index in [0.717, 1.165) is 28.8 Å². The molecule has 0 atom stereocenters. The molecule has 0 heterocycles. The first-order valence-electron chi connectivity index (χ1n) is 19.7. The van der Waals surface area contributed by atoms with Gasteiger partial charge in [-0.1, -0.05) is 200 Å². The van der Waals surface area contributed by atoms with Crippen LogP contribution < -0.4 is 5.73 Å². The molecule has 11 rings (SSSR count). The molecule has 2 aliphatic carbocycles. The minimum atomic E-state index is -0.461. The number of benzene rings is 9. The van der Waals surface area contributed by atoms with Crippen molar-refractivity contribution >= 4 is 33.1 Å². The Hall–Kier alpha value is -7.29. The van der Waals surface area contributed by atoms with Crippen LogP contribution in [0.5, 0.6) is 0 Å². The van der Waals surface area contributed by atoms with E-state index < -0.39 is 5.41 Å². The van der Waals surface area contributed by atoms with Gasteiger partial charge in [0.2, 0.25) is 0 Å². The number of aliphatic imine (C=N–C) groups is 1. The number of amidine groups is 1. The highest BCUT2D eigenvalue weighted by atomic mass is 14.9. The number of hydrogen-bond donors (Lipinski definition) is 1. The molecule has 0 fully saturated rings. The molecule has 0 saturated heterocycles. The molecule has 268 valence electrons. The van der Waals surface area contributed by atoms with Crippen molar-refractivity contribution in [2.24, 2.45) is 10.7 Å². The van der Waals surface area contributed by atoms with Gasteiger partial charge in [0.1, 0.15) is 5.84 Å². The first-order valence-corrected chi connectivity index (χ1v) is 19.7. The fourth-order valence-corrected chi connectivity index (χ4v) is 9.67. The summed E-state index contributed by atoms with van der Waals surface area (Å²) in [5.41, 5.74) is 23.3. The van der Waals surface area contributed by atoms with Crippen molar-refractivity contribution in [3.63, 3.8) is 0 Å². The Morgan fingerprint density at radius 1 is 0.456 bits per heavy atom. The number of rotatable bonds is 6. The lowest BCUT2D eigenvalue weighted by atomic mass is 9.70. The lowest BCUT2D eigenvalue weighted by molar-refractivity contribution is 0.795. The van der Waals surface area contributed by atoms with Gasteiger partial charge in [-0.25, -0.2) is 4.99 Å². The van der Waals surface area contributed by atoms with Crippen molar-refractivity contribution < 1.29 is 0 Å². The van der Waals surface area contributed by atoms with Gasteiger partial charge in [0, 0.05) is 5.56 Å². The van der Waals surface area contributed by atoms with E-state index in [4.69, 9.17) is 10.7 Å². The molecule has 0 radical (unpaired) electrons. The van der Waals surface area contributed by atoms with Crippen LogP contribution in [-0.4, -0.2) is 5.84 Å². The summed E-state index contributed by atoms with van der Waals surface area (Å²) in [5, 5.41) is 5.07. The summed E-state index contributed by atoms with van der Waals surface area (Å²) in [4.78, 5) is 5.03. The number of nitrogens with zero attached hydrogens (tertiary/aromatic N) is 1. The summed E-state index contributed by atoms with van der Waals surface area (Å²) in [7, 11) is 0. The molecular formula is C55H38N2. The highest BCUT2D eigenvalue weighted by Crippen LogP contribution is 2.65. The zero-order valence-corrected chi connectivity index (χ0v) is 31.4. The van der Waals surface area contributed by atoms with Gasteiger partial charge >= 0.3 is 0 Å². The number of nitrogens with two attached hydrogens (primary N) is 1. The summed E-state index contributed by atoms with van der Waals surface area (Å²) in [6, 6.07) is 72.6. The van der Waals surface area contributed by atoms with Crippen LogP contribution >= 0.6 is 0 Å². The summed E-state index contributed by atoms with van der Waals surface area (Å²) in [6.45, 7) is 0. The van der Waals surface area contributed by atoms with E-state index in [1.165, 1.54) is 77.2 Å². The van der Waals surface area contributed by atoms with E-state index in [1.54, 1.807) is 0 Å². The van der Waals surface area contributed by atoms with Gasteiger partial charge < -0.3 is 5.73 Å². The molecular weight excluding hydrogens is 689 g/mol. The molecule has 57 heavy (non-hydrogen) atoms. The molecule has 2 N–H and O–H groups in total. The number of hydrogen-bond acceptors (Lipinski definition) is 1. The maximum absolute atomic E-state index is 6.64. The van der Waals surface area contributed by atoms with Crippen molar-refractivity contribution in [1.82, 2.24) is 0 Å². The zero-order chi connectivity index (χ0) is 37.9. The monoisotopic (exact) mass is 726 g/mol. The van der Waals surface area contributed by atoms with Crippen LogP contribution in [0.3, 0.4) is 0 Å². The quantitative estimate of drug-likeness (QED) is 0.134. The van der Waals surface area contributed by atoms with E-state index in [9.17, 15) is 0 Å². The van der Waals surface area contributed by atoms with Crippen LogP contribution in [0.1, 0.15) is 38.9 Å². The minimum Gasteiger partial charge on any atom is -0.383 e. The van der Waals surface area contributed by atoms with Gasteiger partial charge in [0.15, 0.2) is 0 Å². The number of allylic oxidation sites excluding steroid dienone is 1. The second-order valence-electron chi connectivity index (χ2n) is 15.2. The first-order chi connectivity index (χ1) is 28.2. The van der Waals surface area contributed by atoms with Gasteiger partial charge in [-0.2, -0.15) is 0 Å². The van der Waals surface area contributed by atoms with Crippen LogP contribution in [0.2, 0.25) is 0 Å². The average Bonchev–Trinajstić information content (AvgIpc) is 3.76. The van der Waals surface area contributed by atoms with Crippen LogP contribution in [0, 0.1) is 0 Å². The smallest absolute Gasteiger partial charge is 0.131 e. The lowest BCUT2D eigenvalue weighted by Crippen LogP contribution is -2.26. The van der Waals surface area contributed by atoms with Gasteiger partial charge in [0.25, 0.3) is 0 Å². The summed E-state index contributed by atoms with van der Waals surface area (Å²) < 4.78 is 0. The summed E-state index contributed by atoms with van der Waals surface area (Å²) in [5.74, 6) is 0.498. The SMILES string of the molecule is NC(=N/C(=C\Cc1ccccc1)c1ccc(-c2cc3c(c4ccccc24)-c2c(ccc4ccccc24)C32c3ccccc3-c3ccccc32)cc1)c1ccccc1. The van der Waals surface area contributed by atoms with E-state index in [-0.39, 0.29) is 0 Å². The third-order valence-electron chi connectivity index (χ3n) is 12.2. The molecule has 0 saturated carbocycles. The van der Waals surface area contributed by atoms with Crippen molar-refractivity contribution in [2.75, 3.05) is 0 Å². The number of fused-ring (bicyclic) bond motifs is 14. The Morgan fingerprint density at radius 2 is 1.04 bits per heavy atom. The summed E-state index contributed by atoms with van der Waals surface area (Å²) >= 11 is 0. The zero-order valence-electron chi connectivity index (χ0n) is 31.4. The van der Waals surface area contributed by atoms with Crippen molar-refractivity contribution in [3.05, 3.63) is 245 Å². The highest BCUT2D eigenvalue weighted by molar-refractivity contribution is 6.16. The van der Waals surface area contributed by atoms with Crippen LogP contribution in [0.4, 0.5) is 0 Å². The van der Waals surface area contributed by atoms with Crippen molar-refractivity contribution in [1.29, 1.82) is 0 Å². The van der Waals surface area contributed by atoms with E-state index in [2.05, 4.69) is 170 Å². The second kappa shape index (κ2) is 13.2. The second-order valence-corrected chi connectivity index (χ2v) is 15.2. The maximum Gasteiger partial charge on any atom is 0.131 e. The third kappa shape index (κ3) is 5.08. The van der Waals surface area contributed by atoms with Crippen molar-refractivity contribution in [3.8, 4) is 33.4 Å². The third-order valence-corrected chi connectivity index (χ3v) is 12.2. The molecule has 0 unspecified atom stereocenters. The largest absolute Gasteiger partial charge is 0.383 e. The molecule has 2 nitrogen and oxygen atoms in total. The van der Waals surface area contributed by atoms with Crippen LogP contribution in [0.15, 0.2) is 211 Å². The Balaban J connectivity index is 1.13. The molecule has 0 aliphatic heterocycles. The Kier molecular flexibility index (Phi) is 7.65. The Labute approximate surface area is 332 Å². The molecule has 2 aliphatic rings. The predicted octanol–water partition coefficient (Wildman–Crippen LogP) is 13.0. The van der Waals surface area contributed by atoms with Crippen molar-refractivity contribution in [2.45, 2.75) is 11.8 Å². The lowest BCUT2D eigenvalue weighted by Gasteiger charge is -2.31. The Morgan fingerprint density at radius 3 is 1.75 bits per heavy atom. The van der Waals surface area contributed by atoms with Gasteiger partial charge in [-0.15, -0.1) is 0 Å². The van der Waals surface area contributed by atoms with Crippen LogP contribution in [0.25, 0.3) is 60.6 Å². The topological polar surface area (TPSA) is 38.4 Å². The summed E-state index contributed by atoms with van der Waals surface area (Å²) in [6.07, 6.45) is 2.93. The van der Waals surface area contributed by atoms with Crippen LogP contribution in [-0.2, 0) is 11.8 Å². The highest BCUT2D eigenvalue weighted by Gasteiger charge is 2.52. The van der Waals surface area contributed by atoms with Gasteiger partial charge in [0.05, 0.1) is 11.1 Å². The van der Waals surface area contributed by atoms with E-state index >= 15 is 0 Å². The fraction of sp³-hybridized carbons (Fsp3) is 0.0364. The maximum atomic E-state index is 6.64. The minimum absolute atomic E-state index is 0.461.